The van der Waals surface area contributed by atoms with E-state index in [9.17, 15) is 24.3 Å². The summed E-state index contributed by atoms with van der Waals surface area (Å²) < 4.78 is 12.2. The second-order valence-electron chi connectivity index (χ2n) is 15.2. The summed E-state index contributed by atoms with van der Waals surface area (Å²) in [7, 11) is 1.58. The van der Waals surface area contributed by atoms with E-state index in [1.165, 1.54) is 17.4 Å². The molecule has 0 spiro atoms. The number of nitrogens with one attached hydrogen (secondary N) is 3. The molecule has 4 N–H and O–H groups in total. The highest BCUT2D eigenvalue weighted by Crippen LogP contribution is 2.45. The lowest BCUT2D eigenvalue weighted by Gasteiger charge is -2.28. The number of aromatic nitrogens is 1. The van der Waals surface area contributed by atoms with Crippen molar-refractivity contribution in [1.29, 1.82) is 0 Å². The highest BCUT2D eigenvalue weighted by molar-refractivity contribution is 5.95. The van der Waals surface area contributed by atoms with Gasteiger partial charge in [0.05, 0.1) is 24.9 Å². The fourth-order valence-electron chi connectivity index (χ4n) is 8.06. The Bertz CT molecular complexity index is 2070. The Morgan fingerprint density at radius 2 is 1.73 bits per heavy atom. The van der Waals surface area contributed by atoms with Crippen LogP contribution in [0.3, 0.4) is 0 Å². The number of benzene rings is 3. The summed E-state index contributed by atoms with van der Waals surface area (Å²) in [6.07, 6.45) is 6.96. The number of methoxy groups -OCH3 is 1. The van der Waals surface area contributed by atoms with Crippen LogP contribution in [0.2, 0.25) is 0 Å². The lowest BCUT2D eigenvalue weighted by atomic mass is 9.89. The van der Waals surface area contributed by atoms with Gasteiger partial charge in [-0.25, -0.2) is 14.6 Å². The number of urea groups is 1. The topological polar surface area (TPSA) is 159 Å². The first kappa shape index (κ1) is 38.4. The number of aliphatic carboxylic acids is 1. The molecule has 7 rings (SSSR count). The molecule has 2 heterocycles. The van der Waals surface area contributed by atoms with Crippen molar-refractivity contribution in [3.63, 3.8) is 0 Å². The normalized spacial score (nSPS) is 22.4. The molecule has 2 aliphatic carbocycles. The minimum atomic E-state index is -1.50. The number of pyridine rings is 1. The number of rotatable bonds is 14. The molecule has 5 atom stereocenters. The Hall–Kier alpha value is -5.91. The lowest BCUT2D eigenvalue weighted by molar-refractivity contribution is -0.144. The molecule has 292 valence electrons. The van der Waals surface area contributed by atoms with Gasteiger partial charge in [-0.2, -0.15) is 0 Å². The van der Waals surface area contributed by atoms with Gasteiger partial charge < -0.3 is 35.4 Å². The summed E-state index contributed by atoms with van der Waals surface area (Å²) in [6, 6.07) is 23.8. The Morgan fingerprint density at radius 3 is 2.41 bits per heavy atom. The molecule has 1 unspecified atom stereocenters. The van der Waals surface area contributed by atoms with E-state index in [2.05, 4.69) is 22.5 Å². The Balaban J connectivity index is 1.17. The quantitative estimate of drug-likeness (QED) is 0.116. The number of ether oxygens (including phenoxy) is 2. The first-order valence-corrected chi connectivity index (χ1v) is 19.4. The van der Waals surface area contributed by atoms with E-state index < -0.39 is 47.6 Å². The first-order valence-electron chi connectivity index (χ1n) is 19.4. The van der Waals surface area contributed by atoms with Crippen LogP contribution >= 0.6 is 0 Å². The summed E-state index contributed by atoms with van der Waals surface area (Å²) in [5, 5.41) is 19.6. The number of carbonyl (C=O) groups is 4. The summed E-state index contributed by atoms with van der Waals surface area (Å²) >= 11 is 0. The van der Waals surface area contributed by atoms with Gasteiger partial charge in [0, 0.05) is 48.4 Å². The SMILES string of the molecule is C=CC1C[C@]1(NC(=O)[C@@H]1C[C@@H](Oc2cc(-c3ccccc3)nc3cc(OC)ccc23)CN1C(=O)N[C@@H](Cc1ccccc1)C(=O)NCC1CCCCC1)C(=O)O. The molecule has 0 radical (unpaired) electrons. The molecule has 1 saturated heterocycles. The van der Waals surface area contributed by atoms with Gasteiger partial charge in [-0.05, 0) is 42.9 Å². The predicted molar refractivity (Wildman–Crippen MR) is 212 cm³/mol. The molecule has 1 aliphatic heterocycles. The van der Waals surface area contributed by atoms with Crippen molar-refractivity contribution in [3.05, 3.63) is 103 Å². The Morgan fingerprint density at radius 1 is 1.00 bits per heavy atom. The second-order valence-corrected chi connectivity index (χ2v) is 15.2. The van der Waals surface area contributed by atoms with Gasteiger partial charge in [0.2, 0.25) is 11.8 Å². The highest BCUT2D eigenvalue weighted by atomic mass is 16.5. The van der Waals surface area contributed by atoms with Crippen molar-refractivity contribution in [1.82, 2.24) is 25.8 Å². The van der Waals surface area contributed by atoms with E-state index in [1.807, 2.05) is 84.9 Å². The van der Waals surface area contributed by atoms with Crippen LogP contribution in [0.1, 0.15) is 50.5 Å². The van der Waals surface area contributed by atoms with Crippen molar-refractivity contribution in [2.75, 3.05) is 20.2 Å². The third-order valence-electron chi connectivity index (χ3n) is 11.4. The molecule has 0 bridgehead atoms. The number of hydrogen-bond donors (Lipinski definition) is 4. The van der Waals surface area contributed by atoms with Crippen LogP contribution in [-0.2, 0) is 20.8 Å². The zero-order valence-electron chi connectivity index (χ0n) is 31.6. The van der Waals surface area contributed by atoms with Crippen LogP contribution in [0.5, 0.6) is 11.5 Å². The smallest absolute Gasteiger partial charge is 0.330 e. The molecule has 3 fully saturated rings. The number of likely N-dealkylation sites (tertiary alicyclic amines) is 1. The van der Waals surface area contributed by atoms with Crippen molar-refractivity contribution in [3.8, 4) is 22.8 Å². The van der Waals surface area contributed by atoms with Gasteiger partial charge in [0.15, 0.2) is 0 Å². The average Bonchev–Trinajstić information content (AvgIpc) is 3.79. The minimum Gasteiger partial charge on any atom is -0.497 e. The average molecular weight is 760 g/mol. The van der Waals surface area contributed by atoms with E-state index in [4.69, 9.17) is 14.5 Å². The monoisotopic (exact) mass is 759 g/mol. The van der Waals surface area contributed by atoms with E-state index in [1.54, 1.807) is 7.11 Å². The van der Waals surface area contributed by atoms with E-state index in [0.717, 1.165) is 36.8 Å². The summed E-state index contributed by atoms with van der Waals surface area (Å²) in [6.45, 7) is 4.27. The van der Waals surface area contributed by atoms with Gasteiger partial charge >= 0.3 is 12.0 Å². The second kappa shape index (κ2) is 16.8. The maximum Gasteiger partial charge on any atom is 0.330 e. The van der Waals surface area contributed by atoms with Crippen LogP contribution in [0.15, 0.2) is 97.6 Å². The minimum absolute atomic E-state index is 0.00271. The van der Waals surface area contributed by atoms with Crippen LogP contribution in [0.4, 0.5) is 4.79 Å². The van der Waals surface area contributed by atoms with Crippen molar-refractivity contribution >= 4 is 34.7 Å². The molecular formula is C44H49N5O7. The number of hydrogen-bond acceptors (Lipinski definition) is 7. The molecule has 2 saturated carbocycles. The molecule has 4 amide bonds. The van der Waals surface area contributed by atoms with E-state index in [-0.39, 0.29) is 31.7 Å². The van der Waals surface area contributed by atoms with Crippen molar-refractivity contribution in [2.24, 2.45) is 11.8 Å². The van der Waals surface area contributed by atoms with Crippen LogP contribution in [0.25, 0.3) is 22.2 Å². The van der Waals surface area contributed by atoms with Crippen LogP contribution in [0, 0.1) is 11.8 Å². The number of carboxylic acid groups (broad SMARTS) is 1. The van der Waals surface area contributed by atoms with Gasteiger partial charge in [0.1, 0.15) is 35.2 Å². The summed E-state index contributed by atoms with van der Waals surface area (Å²) in [5.74, 6) is -1.01. The zero-order valence-corrected chi connectivity index (χ0v) is 31.6. The zero-order chi connectivity index (χ0) is 39.2. The van der Waals surface area contributed by atoms with E-state index >= 15 is 0 Å². The number of nitrogens with zero attached hydrogens (tertiary/aromatic N) is 2. The lowest BCUT2D eigenvalue weighted by Crippen LogP contribution is -2.57. The fraction of sp³-hybridized carbons (Fsp3) is 0.386. The maximum absolute atomic E-state index is 14.4. The van der Waals surface area contributed by atoms with Crippen LogP contribution in [-0.4, -0.2) is 82.7 Å². The molecule has 4 aromatic rings. The fourth-order valence-corrected chi connectivity index (χ4v) is 8.06. The molecule has 12 nitrogen and oxygen atoms in total. The molecule has 3 aliphatic rings. The molecule has 3 aromatic carbocycles. The number of carboxylic acids is 1. The summed E-state index contributed by atoms with van der Waals surface area (Å²) in [4.78, 5) is 60.9. The van der Waals surface area contributed by atoms with Crippen molar-refractivity contribution in [2.45, 2.75) is 75.1 Å². The first-order chi connectivity index (χ1) is 27.2. The van der Waals surface area contributed by atoms with E-state index in [0.29, 0.717) is 40.6 Å². The van der Waals surface area contributed by atoms with Gasteiger partial charge in [-0.3, -0.25) is 9.59 Å². The van der Waals surface area contributed by atoms with Gasteiger partial charge in [-0.15, -0.1) is 6.58 Å². The number of amides is 4. The summed E-state index contributed by atoms with van der Waals surface area (Å²) in [5.41, 5.74) is 1.54. The standard InChI is InChI=1S/C44H49N5O7/c1-3-31-25-44(31,42(52)53)48-41(51)38-23-33(56-39-24-35(30-17-11-6-12-18-30)46-36-22-32(55-2)19-20-34(36)39)27-49(38)43(54)47-37(21-28-13-7-4-8-14-28)40(50)45-26-29-15-9-5-10-16-29/h3-4,6-8,11-14,17-20,22,24,29,31,33,37-38H,1,5,9-10,15-16,21,23,25-27H2,2H3,(H,45,50)(H,47,54)(H,48,51)(H,52,53)/t31?,33-,37+,38+,44-/m1/s1. The number of fused-ring (bicyclic) bond motifs is 1. The molecular weight excluding hydrogens is 711 g/mol. The largest absolute Gasteiger partial charge is 0.497 e. The van der Waals surface area contributed by atoms with Gasteiger partial charge in [0.25, 0.3) is 0 Å². The molecule has 1 aromatic heterocycles. The number of carbonyl (C=O) groups excluding carboxylic acids is 3. The molecule has 12 heteroatoms. The third kappa shape index (κ3) is 8.49. The third-order valence-corrected chi connectivity index (χ3v) is 11.4. The predicted octanol–water partition coefficient (Wildman–Crippen LogP) is 5.90. The van der Waals surface area contributed by atoms with Crippen molar-refractivity contribution < 1.29 is 33.8 Å². The van der Waals surface area contributed by atoms with Crippen LogP contribution < -0.4 is 25.4 Å². The van der Waals surface area contributed by atoms with Gasteiger partial charge in [-0.1, -0.05) is 86.0 Å². The Labute approximate surface area is 326 Å². The highest BCUT2D eigenvalue weighted by Gasteiger charge is 2.61. The Kier molecular flexibility index (Phi) is 11.5. The molecule has 56 heavy (non-hydrogen) atoms. The maximum atomic E-state index is 14.4.